The van der Waals surface area contributed by atoms with Gasteiger partial charge in [-0.3, -0.25) is 4.98 Å². The Morgan fingerprint density at radius 2 is 0.822 bits per heavy atom. The molecule has 0 bridgehead atoms. The van der Waals surface area contributed by atoms with Crippen LogP contribution in [0, 0.1) is 0 Å². The Labute approximate surface area is 325 Å². The molecule has 0 aliphatic rings. The number of aromatic nitrogens is 4. The second kappa shape index (κ2) is 15.6. The van der Waals surface area contributed by atoms with E-state index in [1.54, 1.807) is 12.1 Å². The van der Waals surface area contributed by atoms with Gasteiger partial charge in [0.25, 0.3) is 0 Å². The van der Waals surface area contributed by atoms with Crippen molar-refractivity contribution in [3.05, 3.63) is 91.1 Å². The monoisotopic (exact) mass is 692 g/mol. The first kappa shape index (κ1) is 39.7. The molecule has 2 heterocycles. The van der Waals surface area contributed by atoms with Gasteiger partial charge in [-0.1, -0.05) is 42.5 Å². The van der Waals surface area contributed by atoms with Crippen molar-refractivity contribution in [3.8, 4) is 45.2 Å². The van der Waals surface area contributed by atoms with Gasteiger partial charge in [0.15, 0.2) is 0 Å². The number of hydrogen-bond donors (Lipinski definition) is 0. The van der Waals surface area contributed by atoms with Crippen LogP contribution >= 0.6 is 0 Å². The molecule has 0 unspecified atom stereocenters. The van der Waals surface area contributed by atoms with Crippen LogP contribution < -0.4 is 88.7 Å². The average molecular weight is 693 g/mol. The quantitative estimate of drug-likeness (QED) is 0.115. The Kier molecular flexibility index (Phi) is 13.8. The second-order valence-electron chi connectivity index (χ2n) is 8.70. The van der Waals surface area contributed by atoms with Gasteiger partial charge in [0, 0.05) is 22.9 Å². The Balaban J connectivity index is 0.00000235. The minimum Gasteiger partial charge on any atom is -0.744 e. The first-order chi connectivity index (χ1) is 19.7. The summed E-state index contributed by atoms with van der Waals surface area (Å²) in [6.45, 7) is 0. The van der Waals surface area contributed by atoms with E-state index in [2.05, 4.69) is 20.2 Å². The average Bonchev–Trinajstić information content (AvgIpc) is 2.96. The molecule has 45 heavy (non-hydrogen) atoms. The van der Waals surface area contributed by atoms with Gasteiger partial charge in [0.05, 0.1) is 14.7 Å². The van der Waals surface area contributed by atoms with Crippen molar-refractivity contribution >= 4 is 30.4 Å². The molecule has 0 aliphatic heterocycles. The standard InChI is InChI=1S/C26H18N4O9S3.3Na/c31-40(32,33)20-8-1-16(2-9-20)19-7-14-23(27-15-19)26-28-24(17-3-10-21(11-4-17)41(34,35)36)25(29-30-26)18-5-12-22(13-6-18)42(37,38)39;;;/h1-15H,(H,31,32,33)(H,34,35,36)(H,37,38,39);;;/q;3*+1/p-3. The summed E-state index contributed by atoms with van der Waals surface area (Å²) in [5.74, 6) is 0.0624. The van der Waals surface area contributed by atoms with E-state index in [0.717, 1.165) is 24.3 Å². The number of rotatable bonds is 7. The van der Waals surface area contributed by atoms with Crippen molar-refractivity contribution in [1.82, 2.24) is 20.2 Å². The molecule has 5 rings (SSSR count). The van der Waals surface area contributed by atoms with E-state index in [1.807, 2.05) is 0 Å². The van der Waals surface area contributed by atoms with Crippen molar-refractivity contribution in [1.29, 1.82) is 0 Å². The molecule has 0 saturated carbocycles. The van der Waals surface area contributed by atoms with Gasteiger partial charge in [0.1, 0.15) is 47.4 Å². The maximum atomic E-state index is 11.4. The van der Waals surface area contributed by atoms with Crippen molar-refractivity contribution in [2.45, 2.75) is 14.7 Å². The van der Waals surface area contributed by atoms with Gasteiger partial charge < -0.3 is 13.7 Å². The van der Waals surface area contributed by atoms with Crippen molar-refractivity contribution < 1.29 is 128 Å². The predicted octanol–water partition coefficient (Wildman–Crippen LogP) is -6.34. The first-order valence-electron chi connectivity index (χ1n) is 11.6. The van der Waals surface area contributed by atoms with Gasteiger partial charge in [0.2, 0.25) is 5.82 Å². The second-order valence-corrected chi connectivity index (χ2v) is 12.8. The fraction of sp³-hybridized carbons (Fsp3) is 0. The predicted molar refractivity (Wildman–Crippen MR) is 143 cm³/mol. The van der Waals surface area contributed by atoms with Crippen molar-refractivity contribution in [2.24, 2.45) is 0 Å². The zero-order valence-corrected chi connectivity index (χ0v) is 32.3. The van der Waals surface area contributed by atoms with Gasteiger partial charge in [-0.25, -0.2) is 30.2 Å². The third-order valence-electron chi connectivity index (χ3n) is 5.99. The smallest absolute Gasteiger partial charge is 0.744 e. The Bertz CT molecular complexity index is 2140. The summed E-state index contributed by atoms with van der Waals surface area (Å²) >= 11 is 0. The molecule has 0 atom stereocenters. The summed E-state index contributed by atoms with van der Waals surface area (Å²) in [4.78, 5) is 7.62. The third-order valence-corrected chi connectivity index (χ3v) is 8.54. The van der Waals surface area contributed by atoms with Crippen LogP contribution in [0.25, 0.3) is 45.2 Å². The number of nitrogens with zero attached hydrogens (tertiary/aromatic N) is 4. The maximum absolute atomic E-state index is 11.4. The molecular formula is C26H15N4Na3O9S3. The van der Waals surface area contributed by atoms with Crippen LogP contribution in [0.1, 0.15) is 0 Å². The maximum Gasteiger partial charge on any atom is 1.00 e. The molecule has 0 fully saturated rings. The van der Waals surface area contributed by atoms with E-state index in [1.165, 1.54) is 54.7 Å². The molecule has 2 aromatic heterocycles. The van der Waals surface area contributed by atoms with Crippen LogP contribution in [-0.2, 0) is 30.4 Å². The summed E-state index contributed by atoms with van der Waals surface area (Å²) in [7, 11) is -14.0. The Morgan fingerprint density at radius 3 is 1.20 bits per heavy atom. The molecule has 3 aromatic carbocycles. The molecule has 0 saturated heterocycles. The van der Waals surface area contributed by atoms with E-state index >= 15 is 0 Å². The molecule has 0 radical (unpaired) electrons. The van der Waals surface area contributed by atoms with Crippen LogP contribution in [0.5, 0.6) is 0 Å². The van der Waals surface area contributed by atoms with Gasteiger partial charge in [-0.05, 0) is 48.0 Å². The molecule has 19 heteroatoms. The Hall–Kier alpha value is -1.45. The van der Waals surface area contributed by atoms with Crippen molar-refractivity contribution in [2.75, 3.05) is 0 Å². The number of benzene rings is 3. The molecule has 13 nitrogen and oxygen atoms in total. The molecule has 214 valence electrons. The summed E-state index contributed by atoms with van der Waals surface area (Å²) in [5, 5.41) is 8.36. The summed E-state index contributed by atoms with van der Waals surface area (Å²) in [6.07, 6.45) is 1.48. The summed E-state index contributed by atoms with van der Waals surface area (Å²) in [6, 6.07) is 18.3. The third kappa shape index (κ3) is 9.56. The van der Waals surface area contributed by atoms with Crippen molar-refractivity contribution in [3.63, 3.8) is 0 Å². The molecule has 0 N–H and O–H groups in total. The normalized spacial score (nSPS) is 11.4. The zero-order chi connectivity index (χ0) is 30.3. The van der Waals surface area contributed by atoms with Gasteiger partial charge in [-0.2, -0.15) is 0 Å². The topological polar surface area (TPSA) is 223 Å². The van der Waals surface area contributed by atoms with E-state index in [-0.39, 0.29) is 116 Å². The fourth-order valence-corrected chi connectivity index (χ4v) is 5.31. The first-order valence-corrected chi connectivity index (χ1v) is 15.8. The van der Waals surface area contributed by atoms with Crippen LogP contribution in [0.3, 0.4) is 0 Å². The molecular weight excluding hydrogens is 677 g/mol. The van der Waals surface area contributed by atoms with Crippen LogP contribution in [0.2, 0.25) is 0 Å². The summed E-state index contributed by atoms with van der Waals surface area (Å²) in [5.41, 5.74) is 2.51. The number of hydrogen-bond acceptors (Lipinski definition) is 13. The van der Waals surface area contributed by atoms with Crippen LogP contribution in [0.15, 0.2) is 106 Å². The SMILES string of the molecule is O=S(=O)([O-])c1ccc(-c2ccc(-c3nnc(-c4ccc(S(=O)(=O)[O-])cc4)c(-c4ccc(S(=O)(=O)[O-])cc4)n3)nc2)cc1.[Na+].[Na+].[Na+]. The fourth-order valence-electron chi connectivity index (χ4n) is 3.90. The van der Waals surface area contributed by atoms with Crippen LogP contribution in [-0.4, -0.2) is 59.1 Å². The molecule has 5 aromatic rings. The van der Waals surface area contributed by atoms with Crippen LogP contribution in [0.4, 0.5) is 0 Å². The van der Waals surface area contributed by atoms with E-state index < -0.39 is 40.1 Å². The van der Waals surface area contributed by atoms with E-state index in [0.29, 0.717) is 22.3 Å². The van der Waals surface area contributed by atoms with Gasteiger partial charge >= 0.3 is 88.7 Å². The molecule has 0 spiro atoms. The zero-order valence-electron chi connectivity index (χ0n) is 23.8. The minimum absolute atomic E-state index is 0. The molecule has 0 amide bonds. The molecule has 0 aliphatic carbocycles. The minimum atomic E-state index is -4.71. The van der Waals surface area contributed by atoms with E-state index in [9.17, 15) is 38.9 Å². The van der Waals surface area contributed by atoms with Gasteiger partial charge in [-0.15, -0.1) is 10.2 Å². The summed E-state index contributed by atoms with van der Waals surface area (Å²) < 4.78 is 102. The van der Waals surface area contributed by atoms with E-state index in [4.69, 9.17) is 0 Å². The largest absolute Gasteiger partial charge is 1.00 e. The number of pyridine rings is 1. The Morgan fingerprint density at radius 1 is 0.444 bits per heavy atom.